The Balaban J connectivity index is 1.89. The highest BCUT2D eigenvalue weighted by atomic mass is 35.5. The lowest BCUT2D eigenvalue weighted by molar-refractivity contribution is -0.116. The molecule has 198 valence electrons. The molecule has 4 N–H and O–H groups in total. The van der Waals surface area contributed by atoms with Gasteiger partial charge in [-0.2, -0.15) is 8.78 Å². The number of primary amides is 1. The minimum absolute atomic E-state index is 0.0943. The molecule has 2 amide bonds. The first-order valence-corrected chi connectivity index (χ1v) is 11.0. The molecule has 0 spiro atoms. The second-order valence-electron chi connectivity index (χ2n) is 8.06. The van der Waals surface area contributed by atoms with Gasteiger partial charge in [-0.1, -0.05) is 11.6 Å². The van der Waals surface area contributed by atoms with E-state index in [1.54, 1.807) is 0 Å². The summed E-state index contributed by atoms with van der Waals surface area (Å²) in [6.07, 6.45) is 2.19. The number of fused-ring (bicyclic) bond motifs is 1. The van der Waals surface area contributed by atoms with Crippen LogP contribution in [0.1, 0.15) is 16.2 Å². The second-order valence-corrected chi connectivity index (χ2v) is 8.46. The second kappa shape index (κ2) is 9.70. The van der Waals surface area contributed by atoms with Crippen LogP contribution in [0.25, 0.3) is 22.2 Å². The summed E-state index contributed by atoms with van der Waals surface area (Å²) in [6, 6.07) is 0.785. The average Bonchev–Trinajstić information content (AvgIpc) is 3.21. The number of hydrogen-bond acceptors (Lipinski definition) is 7. The van der Waals surface area contributed by atoms with Crippen molar-refractivity contribution in [1.82, 2.24) is 19.1 Å². The van der Waals surface area contributed by atoms with Crippen molar-refractivity contribution >= 4 is 40.1 Å². The van der Waals surface area contributed by atoms with Gasteiger partial charge in [0, 0.05) is 24.4 Å². The van der Waals surface area contributed by atoms with E-state index in [0.29, 0.717) is 0 Å². The summed E-state index contributed by atoms with van der Waals surface area (Å²) in [6.45, 7) is 0.920. The number of phenols is 1. The topological polar surface area (TPSA) is 154 Å². The Morgan fingerprint density at radius 1 is 1.21 bits per heavy atom. The van der Waals surface area contributed by atoms with E-state index in [1.807, 2.05) is 0 Å². The quantitative estimate of drug-likeness (QED) is 0.333. The molecule has 0 saturated heterocycles. The number of aryl methyl sites for hydroxylation is 1. The smallest absolute Gasteiger partial charge is 0.263 e. The molecule has 3 aromatic heterocycles. The van der Waals surface area contributed by atoms with Gasteiger partial charge >= 0.3 is 0 Å². The number of amides is 2. The first kappa shape index (κ1) is 26.5. The Morgan fingerprint density at radius 2 is 1.89 bits per heavy atom. The molecule has 0 radical (unpaired) electrons. The normalized spacial score (nSPS) is 11.1. The molecule has 0 unspecified atom stereocenters. The van der Waals surface area contributed by atoms with Gasteiger partial charge in [-0.3, -0.25) is 19.0 Å². The third-order valence-electron chi connectivity index (χ3n) is 5.77. The van der Waals surface area contributed by atoms with Crippen LogP contribution < -0.4 is 21.3 Å². The van der Waals surface area contributed by atoms with Crippen molar-refractivity contribution in [2.75, 3.05) is 12.4 Å². The number of aromatic hydroxyl groups is 1. The highest BCUT2D eigenvalue weighted by molar-refractivity contribution is 6.33. The Kier molecular flexibility index (Phi) is 6.76. The van der Waals surface area contributed by atoms with Crippen molar-refractivity contribution in [1.29, 1.82) is 0 Å². The Bertz CT molecular complexity index is 1720. The van der Waals surface area contributed by atoms with Gasteiger partial charge in [0.15, 0.2) is 11.6 Å². The van der Waals surface area contributed by atoms with Gasteiger partial charge in [-0.05, 0) is 13.0 Å². The number of halogens is 4. The maximum Gasteiger partial charge on any atom is 0.263 e. The fourth-order valence-corrected chi connectivity index (χ4v) is 3.96. The van der Waals surface area contributed by atoms with Gasteiger partial charge in [0.05, 0.1) is 29.3 Å². The Labute approximate surface area is 216 Å². The molecule has 3 heterocycles. The predicted octanol–water partition coefficient (Wildman–Crippen LogP) is 2.63. The molecule has 1 aromatic carbocycles. The number of ether oxygens (including phenoxy) is 1. The summed E-state index contributed by atoms with van der Waals surface area (Å²) in [5.41, 5.74) is 2.43. The van der Waals surface area contributed by atoms with Crippen LogP contribution in [-0.4, -0.2) is 43.1 Å². The zero-order valence-electron chi connectivity index (χ0n) is 19.9. The number of nitrogens with zero attached hydrogens (tertiary/aromatic N) is 4. The van der Waals surface area contributed by atoms with Crippen LogP contribution in [-0.2, 0) is 18.4 Å². The minimum Gasteiger partial charge on any atom is -0.504 e. The van der Waals surface area contributed by atoms with Crippen LogP contribution in [0.3, 0.4) is 0 Å². The predicted molar refractivity (Wildman–Crippen MR) is 130 cm³/mol. The van der Waals surface area contributed by atoms with E-state index < -0.39 is 69.8 Å². The molecule has 0 aliphatic rings. The van der Waals surface area contributed by atoms with Crippen LogP contribution in [0, 0.1) is 24.4 Å². The molecule has 11 nitrogen and oxygen atoms in total. The molecular weight excluding hydrogens is 533 g/mol. The van der Waals surface area contributed by atoms with E-state index in [2.05, 4.69) is 15.3 Å². The molecule has 15 heteroatoms. The van der Waals surface area contributed by atoms with Crippen molar-refractivity contribution in [2.45, 2.75) is 13.5 Å². The standard InChI is InChI=1S/C23H18ClF3N6O5/c1-8-30-21-14(23(37)32(8)2)11(9-4-10(20(28)36)19(35)16(26)15(9)25)6-33(21)7-13(34)31-18-12(24)5-29-22(38-3)17(18)27/h4-6,35H,7H2,1-3H3,(H2,28,36)(H,29,31,34). The lowest BCUT2D eigenvalue weighted by atomic mass is 10.0. The highest BCUT2D eigenvalue weighted by Crippen LogP contribution is 2.36. The lowest BCUT2D eigenvalue weighted by Gasteiger charge is -2.11. The molecule has 0 aliphatic heterocycles. The largest absolute Gasteiger partial charge is 0.504 e. The number of carbonyl (C=O) groups excluding carboxylic acids is 2. The Hall–Kier alpha value is -4.59. The number of rotatable bonds is 6. The van der Waals surface area contributed by atoms with E-state index >= 15 is 0 Å². The van der Waals surface area contributed by atoms with E-state index in [1.165, 1.54) is 21.1 Å². The lowest BCUT2D eigenvalue weighted by Crippen LogP contribution is -2.23. The molecule has 0 fully saturated rings. The summed E-state index contributed by atoms with van der Waals surface area (Å²) >= 11 is 5.96. The number of anilines is 1. The fraction of sp³-hybridized carbons (Fsp3) is 0.174. The molecule has 4 rings (SSSR count). The van der Waals surface area contributed by atoms with Crippen molar-refractivity contribution in [3.63, 3.8) is 0 Å². The van der Waals surface area contributed by atoms with Gasteiger partial charge in [0.2, 0.25) is 17.5 Å². The van der Waals surface area contributed by atoms with E-state index in [4.69, 9.17) is 22.1 Å². The molecule has 0 saturated carbocycles. The van der Waals surface area contributed by atoms with Crippen molar-refractivity contribution in [2.24, 2.45) is 12.8 Å². The monoisotopic (exact) mass is 550 g/mol. The third-order valence-corrected chi connectivity index (χ3v) is 6.06. The van der Waals surface area contributed by atoms with Crippen LogP contribution in [0.2, 0.25) is 5.02 Å². The molecule has 0 bridgehead atoms. The molecule has 0 aliphatic carbocycles. The molecular formula is C23H18ClF3N6O5. The average molecular weight is 551 g/mol. The number of carbonyl (C=O) groups is 2. The van der Waals surface area contributed by atoms with Crippen molar-refractivity contribution in [3.05, 3.63) is 62.7 Å². The van der Waals surface area contributed by atoms with Gasteiger partial charge in [0.25, 0.3) is 17.3 Å². The maximum absolute atomic E-state index is 15.0. The van der Waals surface area contributed by atoms with Crippen molar-refractivity contribution in [3.8, 4) is 22.8 Å². The summed E-state index contributed by atoms with van der Waals surface area (Å²) in [4.78, 5) is 45.6. The summed E-state index contributed by atoms with van der Waals surface area (Å²) < 4.78 is 51.1. The van der Waals surface area contributed by atoms with E-state index in [-0.39, 0.29) is 27.4 Å². The fourth-order valence-electron chi connectivity index (χ4n) is 3.78. The zero-order chi connectivity index (χ0) is 28.0. The maximum atomic E-state index is 15.0. The highest BCUT2D eigenvalue weighted by Gasteiger charge is 2.27. The van der Waals surface area contributed by atoms with E-state index in [0.717, 1.165) is 27.6 Å². The van der Waals surface area contributed by atoms with Crippen LogP contribution in [0.15, 0.2) is 23.3 Å². The van der Waals surface area contributed by atoms with Gasteiger partial charge in [-0.25, -0.2) is 14.4 Å². The first-order chi connectivity index (χ1) is 17.9. The number of aromatic nitrogens is 4. The van der Waals surface area contributed by atoms with Crippen molar-refractivity contribution < 1.29 is 32.6 Å². The van der Waals surface area contributed by atoms with Crippen LogP contribution in [0.4, 0.5) is 18.9 Å². The van der Waals surface area contributed by atoms with Crippen LogP contribution >= 0.6 is 11.6 Å². The summed E-state index contributed by atoms with van der Waals surface area (Å²) in [7, 11) is 2.56. The minimum atomic E-state index is -1.76. The van der Waals surface area contributed by atoms with Gasteiger partial charge in [-0.15, -0.1) is 0 Å². The number of nitrogens with two attached hydrogens (primary N) is 1. The SMILES string of the molecule is COc1ncc(Cl)c(NC(=O)Cn2cc(-c3cc(C(N)=O)c(O)c(F)c3F)c3c(=O)n(C)c(C)nc32)c1F. The molecule has 38 heavy (non-hydrogen) atoms. The third kappa shape index (κ3) is 4.28. The first-order valence-electron chi connectivity index (χ1n) is 10.6. The number of nitrogens with one attached hydrogen (secondary N) is 1. The molecule has 0 atom stereocenters. The number of methoxy groups -OCH3 is 1. The summed E-state index contributed by atoms with van der Waals surface area (Å²) in [5.74, 6) is -7.95. The van der Waals surface area contributed by atoms with E-state index in [9.17, 15) is 32.7 Å². The zero-order valence-corrected chi connectivity index (χ0v) is 20.7. The Morgan fingerprint density at radius 3 is 2.53 bits per heavy atom. The number of hydrogen-bond donors (Lipinski definition) is 3. The number of benzene rings is 1. The van der Waals surface area contributed by atoms with Gasteiger partial charge in [0.1, 0.15) is 23.7 Å². The number of pyridine rings is 1. The summed E-state index contributed by atoms with van der Waals surface area (Å²) in [5, 5.41) is 11.6. The van der Waals surface area contributed by atoms with Gasteiger partial charge < -0.3 is 25.5 Å². The van der Waals surface area contributed by atoms with Crippen LogP contribution in [0.5, 0.6) is 11.6 Å². The molecule has 4 aromatic rings.